The molecule has 0 spiro atoms. The monoisotopic (exact) mass is 1150 g/mol. The van der Waals surface area contributed by atoms with Crippen LogP contribution in [0.1, 0.15) is 0 Å². The van der Waals surface area contributed by atoms with Crippen molar-refractivity contribution in [3.8, 4) is 0 Å². The molecule has 90 valence electrons. The molecule has 0 bridgehead atoms. The van der Waals surface area contributed by atoms with Crippen molar-refractivity contribution in [3.63, 3.8) is 0 Å². The van der Waals surface area contributed by atoms with Crippen molar-refractivity contribution in [1.82, 2.24) is 0 Å². The third-order valence-electron chi connectivity index (χ3n) is 0. The topological polar surface area (TPSA) is 0 Å². The molecule has 0 unspecified atom stereocenters. The summed E-state index contributed by atoms with van der Waals surface area (Å²) in [6, 6.07) is 0. The predicted octanol–water partition coefficient (Wildman–Crippen LogP) is -0.00750. The van der Waals surface area contributed by atoms with E-state index in [2.05, 4.69) is 0 Å². The Bertz CT molecular complexity index is 28.5. The molecule has 4 radical (unpaired) electrons. The van der Waals surface area contributed by atoms with Crippen molar-refractivity contribution >= 4 is 0 Å². The molecule has 0 nitrogen and oxygen atoms in total. The molecule has 9 heavy (non-hydrogen) atoms. The van der Waals surface area contributed by atoms with Gasteiger partial charge in [0.1, 0.15) is 0 Å². The van der Waals surface area contributed by atoms with Gasteiger partial charge in [-0.1, -0.05) is 0 Å². The van der Waals surface area contributed by atoms with Gasteiger partial charge in [-0.3, -0.25) is 0 Å². The minimum absolute atomic E-state index is 0. The smallest absolute Gasteiger partial charge is 0 e. The second kappa shape index (κ2) is 53.4. The molecule has 0 N–H and O–H groups in total. The van der Waals surface area contributed by atoms with Gasteiger partial charge in [0.15, 0.2) is 0 Å². The van der Waals surface area contributed by atoms with E-state index < -0.39 is 0 Å². The van der Waals surface area contributed by atoms with Crippen molar-refractivity contribution in [3.05, 3.63) is 0 Å². The second-order valence-corrected chi connectivity index (χ2v) is 0. The maximum absolute atomic E-state index is 0. The molecule has 0 aliphatic heterocycles. The summed E-state index contributed by atoms with van der Waals surface area (Å²) in [5, 5.41) is 0. The van der Waals surface area contributed by atoms with Gasteiger partial charge in [-0.2, -0.15) is 0 Å². The Kier molecular flexibility index (Phi) is 379. The molecule has 9 heteroatoms. The molecule has 0 aromatic heterocycles. The average Bonchev–Trinajstić information content (AvgIpc) is 0. The maximum atomic E-state index is 0. The van der Waals surface area contributed by atoms with Gasteiger partial charge in [-0.05, 0) is 0 Å². The molecule has 0 fully saturated rings. The van der Waals surface area contributed by atoms with Gasteiger partial charge in [0, 0.05) is 279 Å². The molecule has 0 aliphatic rings. The van der Waals surface area contributed by atoms with Gasteiger partial charge in [0.05, 0.1) is 0 Å². The van der Waals surface area contributed by atoms with Crippen LogP contribution in [0.15, 0.2) is 0 Å². The van der Waals surface area contributed by atoms with E-state index in [-0.39, 0.29) is 279 Å². The number of hydrogen-bond donors (Lipinski definition) is 0. The molecule has 0 rings (SSSR count). The van der Waals surface area contributed by atoms with Crippen molar-refractivity contribution in [2.45, 2.75) is 0 Å². The van der Waals surface area contributed by atoms with Crippen molar-refractivity contribution in [2.24, 2.45) is 0 Å². The fraction of sp³-hybridized carbons (Fsp3) is 0. The van der Waals surface area contributed by atoms with E-state index in [0.29, 0.717) is 0 Å². The van der Waals surface area contributed by atoms with Crippen LogP contribution >= 0.6 is 0 Å². The van der Waals surface area contributed by atoms with Gasteiger partial charge in [0.25, 0.3) is 0 Å². The zero-order valence-electron chi connectivity index (χ0n) is 2.87. The number of hydrogen-bond acceptors (Lipinski definition) is 0. The van der Waals surface area contributed by atoms with Crippen molar-refractivity contribution in [2.75, 3.05) is 0 Å². The summed E-state index contributed by atoms with van der Waals surface area (Å²) < 4.78 is 0. The van der Waals surface area contributed by atoms with E-state index >= 15 is 0 Å². The summed E-state index contributed by atoms with van der Waals surface area (Å²) >= 11 is 0. The van der Waals surface area contributed by atoms with Gasteiger partial charge < -0.3 is 0 Å². The third kappa shape index (κ3) is 47.0. The first-order valence-electron chi connectivity index (χ1n) is 0. The van der Waals surface area contributed by atoms with Crippen LogP contribution in [0.5, 0.6) is 0 Å². The van der Waals surface area contributed by atoms with Crippen LogP contribution in [0.25, 0.3) is 0 Å². The molecule has 0 atom stereocenters. The predicted molar refractivity (Wildman–Crippen MR) is 0 cm³/mol. The average molecular weight is 1150 g/mol. The van der Waals surface area contributed by atoms with Crippen molar-refractivity contribution in [1.29, 1.82) is 0 Å². The van der Waals surface area contributed by atoms with E-state index in [4.69, 9.17) is 0 Å². The molecule has 0 saturated heterocycles. The summed E-state index contributed by atoms with van der Waals surface area (Å²) in [5.41, 5.74) is 0. The summed E-state index contributed by atoms with van der Waals surface area (Å²) in [6.45, 7) is 0. The first-order valence-corrected chi connectivity index (χ1v) is 0. The van der Waals surface area contributed by atoms with Crippen LogP contribution in [0.2, 0.25) is 0 Å². The van der Waals surface area contributed by atoms with Crippen LogP contribution in [0, 0.1) is 229 Å². The van der Waals surface area contributed by atoms with E-state index in [1.807, 2.05) is 0 Å². The van der Waals surface area contributed by atoms with Gasteiger partial charge in [-0.25, -0.2) is 0 Å². The molecular weight excluding hydrogens is 1150 g/mol. The maximum Gasteiger partial charge on any atom is 0 e. The fourth-order valence-corrected chi connectivity index (χ4v) is 0. The Morgan fingerprint density at radius 1 is 1.00 bits per heavy atom. The Morgan fingerprint density at radius 3 is 1.00 bits per heavy atom. The van der Waals surface area contributed by atoms with Crippen LogP contribution in [0.3, 0.4) is 0 Å². The van der Waals surface area contributed by atoms with E-state index in [9.17, 15) is 0 Å². The third-order valence-corrected chi connectivity index (χ3v) is 0. The minimum Gasteiger partial charge on any atom is 0 e. The van der Waals surface area contributed by atoms with E-state index in [1.165, 1.54) is 0 Å². The summed E-state index contributed by atoms with van der Waals surface area (Å²) in [6.07, 6.45) is 0. The van der Waals surface area contributed by atoms with Crippen LogP contribution in [-0.2, 0) is 50.3 Å². The Hall–Kier alpha value is 9.14. The van der Waals surface area contributed by atoms with Crippen LogP contribution in [0.4, 0.5) is 0 Å². The number of rotatable bonds is 0. The Balaban J connectivity index is 0. The normalized spacial score (nSPS) is 0. The SMILES string of the molecule is [Co].[Dy].[Er].[Fe].[Gd].[Ho].[Ni].[Tb].[Tm]. The minimum atomic E-state index is 0. The van der Waals surface area contributed by atoms with Crippen LogP contribution in [-0.4, -0.2) is 0 Å². The molecular formula is CoDyErFeGdHoNiTbTm. The molecule has 0 saturated carbocycles. The summed E-state index contributed by atoms with van der Waals surface area (Å²) in [7, 11) is 0. The van der Waals surface area contributed by atoms with Crippen LogP contribution < -0.4 is 0 Å². The fourth-order valence-electron chi connectivity index (χ4n) is 0. The largest absolute Gasteiger partial charge is 0 e. The Labute approximate surface area is 269 Å². The second-order valence-electron chi connectivity index (χ2n) is 0. The van der Waals surface area contributed by atoms with E-state index in [1.54, 1.807) is 0 Å². The quantitative estimate of drug-likeness (QED) is 0.300. The molecule has 0 heterocycles. The van der Waals surface area contributed by atoms with Gasteiger partial charge in [-0.15, -0.1) is 0 Å². The molecule has 0 aliphatic carbocycles. The van der Waals surface area contributed by atoms with Gasteiger partial charge >= 0.3 is 0 Å². The molecule has 0 aromatic rings. The zero-order valence-corrected chi connectivity index (χ0v) is 18.0. The standard InChI is InChI=1S/Co.Dy.Er.Fe.Gd.Ho.Ni.Tb.Tm. The first kappa shape index (κ1) is 63.8. The van der Waals surface area contributed by atoms with Crippen molar-refractivity contribution < 1.29 is 279 Å². The Morgan fingerprint density at radius 2 is 1.00 bits per heavy atom. The summed E-state index contributed by atoms with van der Waals surface area (Å²) in [4.78, 5) is 0. The summed E-state index contributed by atoms with van der Waals surface area (Å²) in [5.74, 6) is 0. The molecule has 0 amide bonds. The van der Waals surface area contributed by atoms with Gasteiger partial charge in [0.2, 0.25) is 0 Å². The zero-order chi connectivity index (χ0) is 0. The van der Waals surface area contributed by atoms with E-state index in [0.717, 1.165) is 0 Å². The molecule has 0 aromatic carbocycles. The first-order chi connectivity index (χ1) is 0.